The zero-order valence-electron chi connectivity index (χ0n) is 14.8. The molecule has 0 aromatic heterocycles. The summed E-state index contributed by atoms with van der Waals surface area (Å²) in [7, 11) is 0. The largest absolute Gasteiger partial charge is 0.395 e. The summed E-state index contributed by atoms with van der Waals surface area (Å²) >= 11 is 0. The Morgan fingerprint density at radius 1 is 1.17 bits per heavy atom. The molecule has 0 aliphatic carbocycles. The number of hydrogen-bond donors (Lipinski definition) is 2. The highest BCUT2D eigenvalue weighted by Gasteiger charge is 2.31. The topological polar surface area (TPSA) is 130 Å². The number of carbonyl (C=O) groups excluding carboxylic acids is 3. The van der Waals surface area contributed by atoms with Crippen LogP contribution in [-0.4, -0.2) is 45.7 Å². The summed E-state index contributed by atoms with van der Waals surface area (Å²) < 4.78 is 14.1. The van der Waals surface area contributed by atoms with E-state index in [1.165, 1.54) is 24.3 Å². The first kappa shape index (κ1) is 19.8. The molecule has 1 aliphatic rings. The molecule has 0 radical (unpaired) electrons. The third kappa shape index (κ3) is 3.87. The summed E-state index contributed by atoms with van der Waals surface area (Å²) in [5.41, 5.74) is -1.14. The number of ketones is 1. The summed E-state index contributed by atoms with van der Waals surface area (Å²) in [5, 5.41) is 22.7. The Labute approximate surface area is 163 Å². The molecule has 0 saturated carbocycles. The minimum absolute atomic E-state index is 0.0119. The van der Waals surface area contributed by atoms with Crippen molar-refractivity contribution >= 4 is 29.0 Å². The van der Waals surface area contributed by atoms with E-state index in [2.05, 4.69) is 5.32 Å². The molecule has 29 heavy (non-hydrogen) atoms. The van der Waals surface area contributed by atoms with Crippen LogP contribution in [0.1, 0.15) is 15.9 Å². The number of amides is 2. The predicted molar refractivity (Wildman–Crippen MR) is 98.4 cm³/mol. The van der Waals surface area contributed by atoms with Gasteiger partial charge in [-0.15, -0.1) is 0 Å². The van der Waals surface area contributed by atoms with Crippen LogP contribution in [0.25, 0.3) is 0 Å². The van der Waals surface area contributed by atoms with Gasteiger partial charge in [0.2, 0.25) is 0 Å². The van der Waals surface area contributed by atoms with Gasteiger partial charge >= 0.3 is 0 Å². The second kappa shape index (κ2) is 7.98. The van der Waals surface area contributed by atoms with E-state index in [9.17, 15) is 28.9 Å². The van der Waals surface area contributed by atoms with Gasteiger partial charge in [0.1, 0.15) is 11.5 Å². The number of imide groups is 1. The van der Waals surface area contributed by atoms with Crippen LogP contribution in [0.3, 0.4) is 0 Å². The van der Waals surface area contributed by atoms with Gasteiger partial charge in [0.05, 0.1) is 34.9 Å². The molecule has 1 heterocycles. The summed E-state index contributed by atoms with van der Waals surface area (Å²) in [6, 6.07) is 8.40. The zero-order chi connectivity index (χ0) is 21.1. The van der Waals surface area contributed by atoms with Gasteiger partial charge in [-0.25, -0.2) is 4.39 Å². The van der Waals surface area contributed by atoms with Crippen LogP contribution in [0.4, 0.5) is 15.8 Å². The van der Waals surface area contributed by atoms with E-state index in [0.29, 0.717) is 0 Å². The average molecular weight is 399 g/mol. The highest BCUT2D eigenvalue weighted by atomic mass is 19.1. The molecular formula is C19H14FN3O6. The monoisotopic (exact) mass is 399 g/mol. The molecule has 2 amide bonds. The first-order valence-corrected chi connectivity index (χ1v) is 8.36. The fourth-order valence-electron chi connectivity index (χ4n) is 2.79. The number of halogens is 1. The first-order chi connectivity index (χ1) is 13.8. The van der Waals surface area contributed by atoms with Gasteiger partial charge in [-0.1, -0.05) is 12.1 Å². The quantitative estimate of drug-likeness (QED) is 0.313. The van der Waals surface area contributed by atoms with E-state index in [4.69, 9.17) is 5.11 Å². The van der Waals surface area contributed by atoms with Crippen molar-refractivity contribution in [3.8, 4) is 0 Å². The van der Waals surface area contributed by atoms with Crippen LogP contribution < -0.4 is 5.32 Å². The van der Waals surface area contributed by atoms with Gasteiger partial charge in [-0.2, -0.15) is 0 Å². The summed E-state index contributed by atoms with van der Waals surface area (Å²) in [5.74, 6) is -3.03. The van der Waals surface area contributed by atoms with Gasteiger partial charge in [0.25, 0.3) is 17.5 Å². The van der Waals surface area contributed by atoms with Crippen LogP contribution in [0.15, 0.2) is 54.2 Å². The van der Waals surface area contributed by atoms with Crippen molar-refractivity contribution < 1.29 is 28.8 Å². The fraction of sp³-hybridized carbons (Fsp3) is 0.105. The Hall–Kier alpha value is -3.92. The van der Waals surface area contributed by atoms with Crippen LogP contribution in [0, 0.1) is 15.9 Å². The molecule has 9 nitrogen and oxygen atoms in total. The van der Waals surface area contributed by atoms with E-state index >= 15 is 0 Å². The van der Waals surface area contributed by atoms with E-state index in [0.717, 1.165) is 29.2 Å². The number of hydrogen-bond acceptors (Lipinski definition) is 7. The Morgan fingerprint density at radius 2 is 1.90 bits per heavy atom. The second-order valence-corrected chi connectivity index (χ2v) is 6.00. The van der Waals surface area contributed by atoms with Crippen molar-refractivity contribution in [1.82, 2.24) is 4.90 Å². The second-order valence-electron chi connectivity index (χ2n) is 6.00. The fourth-order valence-corrected chi connectivity index (χ4v) is 2.79. The molecule has 0 unspecified atom stereocenters. The maximum atomic E-state index is 14.1. The number of aliphatic hydroxyl groups excluding tert-OH is 1. The highest BCUT2D eigenvalue weighted by molar-refractivity contribution is 6.18. The van der Waals surface area contributed by atoms with Gasteiger partial charge in [0.15, 0.2) is 5.78 Å². The number of non-ortho nitro benzene ring substituents is 1. The first-order valence-electron chi connectivity index (χ1n) is 8.36. The number of benzene rings is 2. The molecule has 0 saturated heterocycles. The lowest BCUT2D eigenvalue weighted by Gasteiger charge is -2.15. The maximum Gasteiger partial charge on any atom is 0.277 e. The molecule has 0 spiro atoms. The molecule has 0 bridgehead atoms. The third-order valence-corrected chi connectivity index (χ3v) is 4.18. The Balaban J connectivity index is 2.02. The minimum atomic E-state index is -0.834. The van der Waals surface area contributed by atoms with Crippen molar-refractivity contribution in [2.45, 2.75) is 0 Å². The van der Waals surface area contributed by atoms with E-state index < -0.39 is 40.6 Å². The number of anilines is 1. The Kier molecular flexibility index (Phi) is 5.46. The van der Waals surface area contributed by atoms with Gasteiger partial charge in [0, 0.05) is 18.2 Å². The van der Waals surface area contributed by atoms with Crippen molar-refractivity contribution in [1.29, 1.82) is 0 Å². The van der Waals surface area contributed by atoms with Crippen molar-refractivity contribution in [2.24, 2.45) is 0 Å². The van der Waals surface area contributed by atoms with Crippen molar-refractivity contribution in [2.75, 3.05) is 18.5 Å². The van der Waals surface area contributed by atoms with Gasteiger partial charge in [-0.05, 0) is 18.2 Å². The zero-order valence-corrected chi connectivity index (χ0v) is 14.8. The number of nitrogens with one attached hydrogen (secondary N) is 1. The molecule has 0 fully saturated rings. The molecule has 3 rings (SSSR count). The summed E-state index contributed by atoms with van der Waals surface area (Å²) in [4.78, 5) is 48.2. The molecule has 2 N–H and O–H groups in total. The third-order valence-electron chi connectivity index (χ3n) is 4.18. The number of aliphatic hydroxyl groups is 1. The summed E-state index contributed by atoms with van der Waals surface area (Å²) in [6.07, 6.45) is 0.983. The standard InChI is InChI=1S/C19H14FN3O6/c20-14-4-2-1-3-12(14)18(26)13-9-11(23(28)29)5-6-15(13)21-16-10-17(25)22(7-8-24)19(16)27/h1-6,9-10,21,24H,7-8H2. The molecule has 0 atom stereocenters. The van der Waals surface area contributed by atoms with E-state index in [-0.39, 0.29) is 29.1 Å². The molecular weight excluding hydrogens is 385 g/mol. The van der Waals surface area contributed by atoms with E-state index in [1.54, 1.807) is 0 Å². The molecule has 2 aromatic rings. The van der Waals surface area contributed by atoms with Crippen LogP contribution in [-0.2, 0) is 9.59 Å². The lowest BCUT2D eigenvalue weighted by molar-refractivity contribution is -0.384. The van der Waals surface area contributed by atoms with Crippen molar-refractivity contribution in [3.05, 3.63) is 81.3 Å². The van der Waals surface area contributed by atoms with E-state index in [1.807, 2.05) is 0 Å². The molecule has 1 aliphatic heterocycles. The molecule has 148 valence electrons. The Bertz CT molecular complexity index is 1070. The maximum absolute atomic E-state index is 14.1. The van der Waals surface area contributed by atoms with Crippen LogP contribution in [0.2, 0.25) is 0 Å². The average Bonchev–Trinajstić information content (AvgIpc) is 2.96. The number of rotatable bonds is 7. The highest BCUT2D eigenvalue weighted by Crippen LogP contribution is 2.28. The lowest BCUT2D eigenvalue weighted by atomic mass is 10.00. The minimum Gasteiger partial charge on any atom is -0.395 e. The number of nitro groups is 1. The van der Waals surface area contributed by atoms with Gasteiger partial charge in [-0.3, -0.25) is 29.4 Å². The number of β-amino-alcohol motifs (C(OH)–C–C–N with tert-alkyl or cyclic N) is 1. The Morgan fingerprint density at radius 3 is 2.55 bits per heavy atom. The number of nitrogens with zero attached hydrogens (tertiary/aromatic N) is 2. The SMILES string of the molecule is O=C(c1ccccc1F)c1cc([N+](=O)[O-])ccc1NC1=CC(=O)N(CCO)C1=O. The summed E-state index contributed by atoms with van der Waals surface area (Å²) in [6.45, 7) is -0.631. The van der Waals surface area contributed by atoms with Gasteiger partial charge < -0.3 is 10.4 Å². The number of carbonyl (C=O) groups is 3. The number of nitro benzene ring substituents is 1. The molecule has 10 heteroatoms. The predicted octanol–water partition coefficient (Wildman–Crippen LogP) is 1.62. The normalized spacial score (nSPS) is 13.4. The molecule has 2 aromatic carbocycles. The smallest absolute Gasteiger partial charge is 0.277 e. The van der Waals surface area contributed by atoms with Crippen LogP contribution >= 0.6 is 0 Å². The lowest BCUT2D eigenvalue weighted by Crippen LogP contribution is -2.34. The van der Waals surface area contributed by atoms with Crippen LogP contribution in [0.5, 0.6) is 0 Å². The van der Waals surface area contributed by atoms with Crippen molar-refractivity contribution in [3.63, 3.8) is 0 Å².